The summed E-state index contributed by atoms with van der Waals surface area (Å²) in [6, 6.07) is 26.2. The van der Waals surface area contributed by atoms with Gasteiger partial charge in [-0.1, -0.05) is 93.5 Å². The zero-order valence-electron chi connectivity index (χ0n) is 31.9. The average Bonchev–Trinajstić information content (AvgIpc) is 3.09. The molecule has 0 radical (unpaired) electrons. The lowest BCUT2D eigenvalue weighted by Crippen LogP contribution is -2.03. The highest BCUT2D eigenvalue weighted by molar-refractivity contribution is 5.92. The standard InChI is InChI=1S/C46H54N4/c1-28(2)38-19-18-33(11)43(34-22-39(29(3)4)45(40(23-34)30(5)6)49-26-36-16-12-14-20-47-36)44(38)35-24-41(31(7)8)46(42(25-35)32(9)10)50-27-37-17-13-15-21-48-37/h12-32H,1-11H3/b49-26+,50-27+. The van der Waals surface area contributed by atoms with Gasteiger partial charge in [0.15, 0.2) is 0 Å². The van der Waals surface area contributed by atoms with Gasteiger partial charge in [0.1, 0.15) is 0 Å². The Labute approximate surface area is 300 Å². The summed E-state index contributed by atoms with van der Waals surface area (Å²) in [5.74, 6) is 1.49. The molecule has 258 valence electrons. The van der Waals surface area contributed by atoms with Gasteiger partial charge in [0.05, 0.1) is 35.2 Å². The summed E-state index contributed by atoms with van der Waals surface area (Å²) in [6.07, 6.45) is 7.45. The summed E-state index contributed by atoms with van der Waals surface area (Å²) in [7, 11) is 0. The van der Waals surface area contributed by atoms with Crippen molar-refractivity contribution < 1.29 is 0 Å². The molecule has 0 saturated carbocycles. The maximum absolute atomic E-state index is 5.12. The van der Waals surface area contributed by atoms with E-state index in [4.69, 9.17) is 9.98 Å². The van der Waals surface area contributed by atoms with Crippen LogP contribution < -0.4 is 0 Å². The lowest BCUT2D eigenvalue weighted by molar-refractivity contribution is 0.833. The molecule has 0 aliphatic carbocycles. The van der Waals surface area contributed by atoms with Crippen molar-refractivity contribution in [2.24, 2.45) is 9.98 Å². The summed E-state index contributed by atoms with van der Waals surface area (Å²) in [6.45, 7) is 25.1. The Morgan fingerprint density at radius 1 is 0.460 bits per heavy atom. The Kier molecular flexibility index (Phi) is 11.6. The van der Waals surface area contributed by atoms with Gasteiger partial charge in [-0.05, 0) is 141 Å². The summed E-state index contributed by atoms with van der Waals surface area (Å²) in [5.41, 5.74) is 16.6. The van der Waals surface area contributed by atoms with Crippen molar-refractivity contribution in [1.82, 2.24) is 9.97 Å². The molecule has 5 aromatic rings. The molecule has 0 saturated heterocycles. The highest BCUT2D eigenvalue weighted by Crippen LogP contribution is 2.47. The van der Waals surface area contributed by atoms with Crippen molar-refractivity contribution in [2.75, 3.05) is 0 Å². The molecule has 0 bridgehead atoms. The first-order chi connectivity index (χ1) is 23.9. The van der Waals surface area contributed by atoms with Crippen LogP contribution in [0.5, 0.6) is 0 Å². The largest absolute Gasteiger partial charge is 0.255 e. The van der Waals surface area contributed by atoms with E-state index in [0.29, 0.717) is 5.92 Å². The molecule has 0 spiro atoms. The van der Waals surface area contributed by atoms with E-state index < -0.39 is 0 Å². The van der Waals surface area contributed by atoms with Crippen molar-refractivity contribution in [3.05, 3.63) is 130 Å². The van der Waals surface area contributed by atoms with Gasteiger partial charge in [-0.15, -0.1) is 0 Å². The molecule has 4 heteroatoms. The molecular formula is C46H54N4. The number of pyridine rings is 2. The van der Waals surface area contributed by atoms with Crippen molar-refractivity contribution in [1.29, 1.82) is 0 Å². The Hall–Kier alpha value is -4.70. The zero-order chi connectivity index (χ0) is 36.1. The number of aliphatic imine (C=N–C) groups is 2. The fourth-order valence-corrected chi connectivity index (χ4v) is 6.76. The topological polar surface area (TPSA) is 50.5 Å². The van der Waals surface area contributed by atoms with Crippen molar-refractivity contribution in [3.63, 3.8) is 0 Å². The Morgan fingerprint density at radius 2 is 0.840 bits per heavy atom. The van der Waals surface area contributed by atoms with Gasteiger partial charge in [0.2, 0.25) is 0 Å². The van der Waals surface area contributed by atoms with Gasteiger partial charge in [0.25, 0.3) is 0 Å². The predicted molar refractivity (Wildman–Crippen MR) is 215 cm³/mol. The zero-order valence-corrected chi connectivity index (χ0v) is 31.9. The minimum Gasteiger partial charge on any atom is -0.255 e. The van der Waals surface area contributed by atoms with Gasteiger partial charge >= 0.3 is 0 Å². The minimum atomic E-state index is 0.287. The second-order valence-corrected chi connectivity index (χ2v) is 15.0. The van der Waals surface area contributed by atoms with Crippen LogP contribution in [0.4, 0.5) is 11.4 Å². The second kappa shape index (κ2) is 15.9. The molecule has 0 N–H and O–H groups in total. The number of hydrogen-bond donors (Lipinski definition) is 0. The number of benzene rings is 3. The van der Waals surface area contributed by atoms with Crippen molar-refractivity contribution >= 4 is 23.8 Å². The van der Waals surface area contributed by atoms with Gasteiger partial charge in [-0.25, -0.2) is 0 Å². The Balaban J connectivity index is 1.80. The first-order valence-corrected chi connectivity index (χ1v) is 18.3. The Bertz CT molecular complexity index is 1920. The van der Waals surface area contributed by atoms with Crippen LogP contribution in [-0.2, 0) is 0 Å². The van der Waals surface area contributed by atoms with Gasteiger partial charge in [0, 0.05) is 12.4 Å². The van der Waals surface area contributed by atoms with Crippen LogP contribution in [0.3, 0.4) is 0 Å². The normalized spacial score (nSPS) is 12.2. The van der Waals surface area contributed by atoms with Gasteiger partial charge in [-0.2, -0.15) is 0 Å². The molecule has 0 aliphatic rings. The van der Waals surface area contributed by atoms with Crippen molar-refractivity contribution in [3.8, 4) is 22.3 Å². The number of aromatic nitrogens is 2. The van der Waals surface area contributed by atoms with Gasteiger partial charge < -0.3 is 0 Å². The third-order valence-electron chi connectivity index (χ3n) is 9.50. The van der Waals surface area contributed by atoms with E-state index in [9.17, 15) is 0 Å². The van der Waals surface area contributed by atoms with E-state index in [-0.39, 0.29) is 23.7 Å². The van der Waals surface area contributed by atoms with E-state index in [1.54, 1.807) is 0 Å². The quantitative estimate of drug-likeness (QED) is 0.132. The van der Waals surface area contributed by atoms with Crippen LogP contribution in [0.15, 0.2) is 95.2 Å². The number of rotatable bonds is 11. The smallest absolute Gasteiger partial charge is 0.0812 e. The molecule has 2 heterocycles. The molecule has 3 aromatic carbocycles. The fourth-order valence-electron chi connectivity index (χ4n) is 6.76. The molecule has 4 nitrogen and oxygen atoms in total. The lowest BCUT2D eigenvalue weighted by Gasteiger charge is -2.26. The van der Waals surface area contributed by atoms with Crippen LogP contribution in [0.1, 0.15) is 144 Å². The third-order valence-corrected chi connectivity index (χ3v) is 9.50. The summed E-state index contributed by atoms with van der Waals surface area (Å²) >= 11 is 0. The first kappa shape index (κ1) is 36.6. The highest BCUT2D eigenvalue weighted by atomic mass is 14.8. The number of nitrogens with zero attached hydrogens (tertiary/aromatic N) is 4. The van der Waals surface area contributed by atoms with E-state index in [1.807, 2.05) is 61.2 Å². The first-order valence-electron chi connectivity index (χ1n) is 18.3. The maximum atomic E-state index is 5.12. The second-order valence-electron chi connectivity index (χ2n) is 15.0. The highest BCUT2D eigenvalue weighted by Gasteiger charge is 2.24. The average molecular weight is 663 g/mol. The maximum Gasteiger partial charge on any atom is 0.0812 e. The molecule has 0 unspecified atom stereocenters. The fraction of sp³-hybridized carbons (Fsp3) is 0.348. The van der Waals surface area contributed by atoms with E-state index in [0.717, 1.165) is 22.8 Å². The summed E-state index contributed by atoms with van der Waals surface area (Å²) < 4.78 is 0. The molecule has 0 amide bonds. The molecule has 0 aliphatic heterocycles. The minimum absolute atomic E-state index is 0.287. The molecular weight excluding hydrogens is 609 g/mol. The molecule has 2 aromatic heterocycles. The van der Waals surface area contributed by atoms with Crippen LogP contribution >= 0.6 is 0 Å². The van der Waals surface area contributed by atoms with E-state index >= 15 is 0 Å². The molecule has 0 atom stereocenters. The molecule has 0 fully saturated rings. The summed E-state index contributed by atoms with van der Waals surface area (Å²) in [4.78, 5) is 19.2. The van der Waals surface area contributed by atoms with E-state index in [2.05, 4.69) is 123 Å². The summed E-state index contributed by atoms with van der Waals surface area (Å²) in [5, 5.41) is 0. The van der Waals surface area contributed by atoms with Crippen LogP contribution in [0.25, 0.3) is 22.3 Å². The monoisotopic (exact) mass is 662 g/mol. The molecule has 5 rings (SSSR count). The number of aryl methyl sites for hydroxylation is 1. The van der Waals surface area contributed by atoms with Crippen molar-refractivity contribution in [2.45, 2.75) is 106 Å². The third kappa shape index (κ3) is 8.02. The van der Waals surface area contributed by atoms with Crippen LogP contribution in [0.2, 0.25) is 0 Å². The van der Waals surface area contributed by atoms with Crippen LogP contribution in [0, 0.1) is 6.92 Å². The Morgan fingerprint density at radius 3 is 1.18 bits per heavy atom. The van der Waals surface area contributed by atoms with E-state index in [1.165, 1.54) is 55.6 Å². The van der Waals surface area contributed by atoms with Gasteiger partial charge in [-0.3, -0.25) is 20.0 Å². The SMILES string of the molecule is Cc1ccc(C(C)C)c(-c2cc(C(C)C)c(/N=C/c3ccccn3)c(C(C)C)c2)c1-c1cc(C(C)C)c(/N=C/c2ccccn2)c(C(C)C)c1. The lowest BCUT2D eigenvalue weighted by atomic mass is 9.79. The predicted octanol–water partition coefficient (Wildman–Crippen LogP) is 13.2. The number of hydrogen-bond acceptors (Lipinski definition) is 4. The molecule has 50 heavy (non-hydrogen) atoms. The van der Waals surface area contributed by atoms with Crippen LogP contribution in [-0.4, -0.2) is 22.4 Å².